The molecule has 0 saturated carbocycles. The third kappa shape index (κ3) is 2.50. The number of hydrogen-bond donors (Lipinski definition) is 1. The first-order chi connectivity index (χ1) is 9.47. The van der Waals surface area contributed by atoms with Crippen molar-refractivity contribution in [2.75, 3.05) is 0 Å². The first-order valence-electron chi connectivity index (χ1n) is 6.91. The van der Waals surface area contributed by atoms with Crippen LogP contribution in [0, 0.1) is 5.41 Å². The van der Waals surface area contributed by atoms with Crippen molar-refractivity contribution in [1.29, 1.82) is 0 Å². The second kappa shape index (κ2) is 5.14. The minimum absolute atomic E-state index is 0.193. The summed E-state index contributed by atoms with van der Waals surface area (Å²) in [6, 6.07) is 6.83. The van der Waals surface area contributed by atoms with Gasteiger partial charge in [0.05, 0.1) is 6.04 Å². The molecule has 0 spiro atoms. The number of aromatic nitrogens is 1. The van der Waals surface area contributed by atoms with Crippen LogP contribution in [0.25, 0.3) is 0 Å². The molecule has 0 amide bonds. The molecular weight excluding hydrogens is 288 g/mol. The van der Waals surface area contributed by atoms with Crippen molar-refractivity contribution in [2.24, 2.45) is 5.41 Å². The largest absolute Gasteiger partial charge is 0.301 e. The number of benzene rings is 1. The van der Waals surface area contributed by atoms with E-state index in [0.717, 1.165) is 16.5 Å². The van der Waals surface area contributed by atoms with Crippen LogP contribution in [-0.4, -0.2) is 4.98 Å². The molecule has 0 saturated heterocycles. The van der Waals surface area contributed by atoms with E-state index in [1.54, 1.807) is 11.3 Å². The SMILES string of the molecule is CC(NC1c2cc(Cl)ccc2CC1(C)C)c1nccs1. The average molecular weight is 307 g/mol. The molecule has 1 aromatic heterocycles. The van der Waals surface area contributed by atoms with Gasteiger partial charge in [0.2, 0.25) is 0 Å². The van der Waals surface area contributed by atoms with E-state index in [1.165, 1.54) is 11.1 Å². The molecule has 106 valence electrons. The molecule has 2 unspecified atom stereocenters. The molecule has 4 heteroatoms. The Kier molecular flexibility index (Phi) is 3.61. The highest BCUT2D eigenvalue weighted by Gasteiger charge is 2.39. The van der Waals surface area contributed by atoms with Crippen molar-refractivity contribution >= 4 is 22.9 Å². The maximum atomic E-state index is 6.18. The molecular formula is C16H19ClN2S. The van der Waals surface area contributed by atoms with Crippen molar-refractivity contribution in [3.63, 3.8) is 0 Å². The van der Waals surface area contributed by atoms with Crippen LogP contribution in [0.2, 0.25) is 5.02 Å². The third-order valence-corrected chi connectivity index (χ3v) is 5.28. The van der Waals surface area contributed by atoms with Gasteiger partial charge < -0.3 is 5.32 Å². The first kappa shape index (κ1) is 14.1. The number of hydrogen-bond acceptors (Lipinski definition) is 3. The van der Waals surface area contributed by atoms with Crippen LogP contribution >= 0.6 is 22.9 Å². The topological polar surface area (TPSA) is 24.9 Å². The summed E-state index contributed by atoms with van der Waals surface area (Å²) >= 11 is 7.88. The lowest BCUT2D eigenvalue weighted by Gasteiger charge is -2.31. The number of nitrogens with zero attached hydrogens (tertiary/aromatic N) is 1. The molecule has 2 aromatic rings. The van der Waals surface area contributed by atoms with E-state index >= 15 is 0 Å². The standard InChI is InChI=1S/C16H19ClN2S/c1-10(15-18-6-7-20-15)19-14-13-8-12(17)5-4-11(13)9-16(14,2)3/h4-8,10,14,19H,9H2,1-3H3. The molecule has 1 N–H and O–H groups in total. The summed E-state index contributed by atoms with van der Waals surface area (Å²) in [5.41, 5.74) is 2.94. The molecule has 1 heterocycles. The Bertz CT molecular complexity index is 607. The second-order valence-corrected chi connectivity index (χ2v) is 7.56. The average Bonchev–Trinajstić information content (AvgIpc) is 2.98. The Morgan fingerprint density at radius 1 is 1.45 bits per heavy atom. The van der Waals surface area contributed by atoms with Crippen LogP contribution in [0.15, 0.2) is 29.8 Å². The van der Waals surface area contributed by atoms with Gasteiger partial charge in [-0.25, -0.2) is 4.98 Å². The lowest BCUT2D eigenvalue weighted by molar-refractivity contribution is 0.252. The first-order valence-corrected chi connectivity index (χ1v) is 8.17. The fraction of sp³-hybridized carbons (Fsp3) is 0.438. The summed E-state index contributed by atoms with van der Waals surface area (Å²) in [5, 5.41) is 7.72. The van der Waals surface area contributed by atoms with E-state index in [-0.39, 0.29) is 11.5 Å². The number of rotatable bonds is 3. The Hall–Kier alpha value is -0.900. The zero-order chi connectivity index (χ0) is 14.3. The quantitative estimate of drug-likeness (QED) is 0.883. The van der Waals surface area contributed by atoms with Crippen LogP contribution in [0.5, 0.6) is 0 Å². The van der Waals surface area contributed by atoms with Crippen molar-refractivity contribution in [2.45, 2.75) is 39.3 Å². The van der Waals surface area contributed by atoms with E-state index in [2.05, 4.69) is 43.2 Å². The van der Waals surface area contributed by atoms with E-state index in [9.17, 15) is 0 Å². The molecule has 0 bridgehead atoms. The molecule has 1 aromatic carbocycles. The van der Waals surface area contributed by atoms with Crippen molar-refractivity contribution in [1.82, 2.24) is 10.3 Å². The Morgan fingerprint density at radius 2 is 2.25 bits per heavy atom. The maximum Gasteiger partial charge on any atom is 0.109 e. The van der Waals surface area contributed by atoms with Gasteiger partial charge in [-0.1, -0.05) is 31.5 Å². The van der Waals surface area contributed by atoms with Gasteiger partial charge in [-0.05, 0) is 42.0 Å². The van der Waals surface area contributed by atoms with E-state index in [1.807, 2.05) is 17.6 Å². The minimum Gasteiger partial charge on any atom is -0.301 e. The predicted molar refractivity (Wildman–Crippen MR) is 85.3 cm³/mol. The fourth-order valence-corrected chi connectivity index (χ4v) is 3.93. The lowest BCUT2D eigenvalue weighted by atomic mass is 9.85. The van der Waals surface area contributed by atoms with Gasteiger partial charge in [0, 0.05) is 22.6 Å². The molecule has 1 aliphatic carbocycles. The molecule has 2 atom stereocenters. The Morgan fingerprint density at radius 3 is 2.95 bits per heavy atom. The highest BCUT2D eigenvalue weighted by molar-refractivity contribution is 7.09. The summed E-state index contributed by atoms with van der Waals surface area (Å²) in [4.78, 5) is 4.41. The smallest absolute Gasteiger partial charge is 0.109 e. The number of nitrogens with one attached hydrogen (secondary N) is 1. The Balaban J connectivity index is 1.90. The van der Waals surface area contributed by atoms with Gasteiger partial charge in [0.1, 0.15) is 5.01 Å². The maximum absolute atomic E-state index is 6.18. The van der Waals surface area contributed by atoms with E-state index in [4.69, 9.17) is 11.6 Å². The zero-order valence-corrected chi connectivity index (χ0v) is 13.6. The molecule has 0 aliphatic heterocycles. The van der Waals surface area contributed by atoms with Crippen molar-refractivity contribution in [3.8, 4) is 0 Å². The van der Waals surface area contributed by atoms with Gasteiger partial charge in [-0.15, -0.1) is 11.3 Å². The number of fused-ring (bicyclic) bond motifs is 1. The molecule has 3 rings (SSSR count). The van der Waals surface area contributed by atoms with Crippen LogP contribution in [0.1, 0.15) is 49.0 Å². The van der Waals surface area contributed by atoms with E-state index in [0.29, 0.717) is 6.04 Å². The van der Waals surface area contributed by atoms with E-state index < -0.39 is 0 Å². The Labute approximate surface area is 129 Å². The zero-order valence-electron chi connectivity index (χ0n) is 12.0. The molecule has 20 heavy (non-hydrogen) atoms. The van der Waals surface area contributed by atoms with Crippen LogP contribution in [-0.2, 0) is 6.42 Å². The number of thiazole rings is 1. The van der Waals surface area contributed by atoms with Gasteiger partial charge in [-0.2, -0.15) is 0 Å². The second-order valence-electron chi connectivity index (χ2n) is 6.20. The highest BCUT2D eigenvalue weighted by atomic mass is 35.5. The molecule has 2 nitrogen and oxygen atoms in total. The normalized spacial score (nSPS) is 21.7. The summed E-state index contributed by atoms with van der Waals surface area (Å²) in [6.45, 7) is 6.80. The van der Waals surface area contributed by atoms with Gasteiger partial charge in [0.25, 0.3) is 0 Å². The van der Waals surface area contributed by atoms with Crippen LogP contribution in [0.4, 0.5) is 0 Å². The summed E-state index contributed by atoms with van der Waals surface area (Å²) in [6.07, 6.45) is 2.95. The number of halogens is 1. The minimum atomic E-state index is 0.193. The summed E-state index contributed by atoms with van der Waals surface area (Å²) < 4.78 is 0. The third-order valence-electron chi connectivity index (χ3n) is 4.08. The van der Waals surface area contributed by atoms with Crippen LogP contribution in [0.3, 0.4) is 0 Å². The molecule has 1 aliphatic rings. The van der Waals surface area contributed by atoms with Gasteiger partial charge in [-0.3, -0.25) is 0 Å². The van der Waals surface area contributed by atoms with Gasteiger partial charge >= 0.3 is 0 Å². The van der Waals surface area contributed by atoms with Crippen molar-refractivity contribution < 1.29 is 0 Å². The molecule has 0 fully saturated rings. The van der Waals surface area contributed by atoms with Crippen LogP contribution < -0.4 is 5.32 Å². The predicted octanol–water partition coefficient (Wildman–Crippen LogP) is 4.77. The van der Waals surface area contributed by atoms with Crippen molar-refractivity contribution in [3.05, 3.63) is 50.9 Å². The monoisotopic (exact) mass is 306 g/mol. The summed E-state index contributed by atoms with van der Waals surface area (Å²) in [5.74, 6) is 0. The summed E-state index contributed by atoms with van der Waals surface area (Å²) in [7, 11) is 0. The fourth-order valence-electron chi connectivity index (χ4n) is 3.09. The highest BCUT2D eigenvalue weighted by Crippen LogP contribution is 2.46. The lowest BCUT2D eigenvalue weighted by Crippen LogP contribution is -2.33. The molecule has 0 radical (unpaired) electrons. The van der Waals surface area contributed by atoms with Gasteiger partial charge in [0.15, 0.2) is 0 Å².